The Hall–Kier alpha value is -2.47. The lowest BCUT2D eigenvalue weighted by atomic mass is 10.2. The van der Waals surface area contributed by atoms with Crippen LogP contribution < -0.4 is 9.64 Å². The van der Waals surface area contributed by atoms with E-state index in [4.69, 9.17) is 16.3 Å². The number of halogens is 1. The van der Waals surface area contributed by atoms with Gasteiger partial charge in [0, 0.05) is 44.9 Å². The molecule has 1 aliphatic rings. The second-order valence-electron chi connectivity index (χ2n) is 6.23. The first-order valence-corrected chi connectivity index (χ1v) is 8.93. The van der Waals surface area contributed by atoms with Gasteiger partial charge in [-0.15, -0.1) is 0 Å². The number of ether oxygens (including phenoxy) is 1. The summed E-state index contributed by atoms with van der Waals surface area (Å²) in [6.45, 7) is 4.75. The van der Waals surface area contributed by atoms with Gasteiger partial charge >= 0.3 is 0 Å². The highest BCUT2D eigenvalue weighted by molar-refractivity contribution is 6.31. The van der Waals surface area contributed by atoms with Crippen molar-refractivity contribution < 1.29 is 9.53 Å². The van der Waals surface area contributed by atoms with Gasteiger partial charge in [0.15, 0.2) is 0 Å². The fourth-order valence-electron chi connectivity index (χ4n) is 3.15. The fraction of sp³-hybridized carbons (Fsp3) is 0.368. The number of hydrogen-bond donors (Lipinski definition) is 0. The molecule has 1 fully saturated rings. The third-order valence-corrected chi connectivity index (χ3v) is 5.05. The molecular weight excluding hydrogens is 352 g/mol. The molecule has 138 valence electrons. The van der Waals surface area contributed by atoms with Crippen molar-refractivity contribution in [2.45, 2.75) is 6.92 Å². The highest BCUT2D eigenvalue weighted by Gasteiger charge is 2.21. The Morgan fingerprint density at radius 3 is 2.54 bits per heavy atom. The van der Waals surface area contributed by atoms with Crippen molar-refractivity contribution in [2.75, 3.05) is 38.2 Å². The fourth-order valence-corrected chi connectivity index (χ4v) is 3.39. The topological polar surface area (TPSA) is 50.6 Å². The predicted octanol–water partition coefficient (Wildman–Crippen LogP) is 2.75. The van der Waals surface area contributed by atoms with Gasteiger partial charge in [-0.1, -0.05) is 23.7 Å². The average molecular weight is 375 g/mol. The molecule has 0 radical (unpaired) electrons. The zero-order valence-electron chi connectivity index (χ0n) is 15.3. The first-order chi connectivity index (χ1) is 12.5. The minimum atomic E-state index is -0.0102. The molecule has 1 saturated heterocycles. The standard InChI is InChI=1S/C19H23ClN4O2/c1-14-15(19(20)22(2)21-14)8-9-18(25)24-12-10-23(11-13-24)16-6-4-5-7-17(16)26-3/h4-9H,10-13H2,1-3H3/b9-8+. The normalized spacial score (nSPS) is 14.9. The number of piperazine rings is 1. The highest BCUT2D eigenvalue weighted by atomic mass is 35.5. The number of carbonyl (C=O) groups excluding carboxylic acids is 1. The van der Waals surface area contributed by atoms with E-state index in [0.29, 0.717) is 18.2 Å². The third-order valence-electron chi connectivity index (χ3n) is 4.61. The number of carbonyl (C=O) groups is 1. The SMILES string of the molecule is COc1ccccc1N1CCN(C(=O)/C=C/c2c(C)nn(C)c2Cl)CC1. The van der Waals surface area contributed by atoms with Gasteiger partial charge in [-0.05, 0) is 25.1 Å². The second-order valence-corrected chi connectivity index (χ2v) is 6.59. The quantitative estimate of drug-likeness (QED) is 0.772. The van der Waals surface area contributed by atoms with E-state index in [0.717, 1.165) is 35.8 Å². The van der Waals surface area contributed by atoms with Crippen LogP contribution in [0.15, 0.2) is 30.3 Å². The smallest absolute Gasteiger partial charge is 0.246 e. The molecule has 0 saturated carbocycles. The van der Waals surface area contributed by atoms with Crippen molar-refractivity contribution >= 4 is 29.3 Å². The molecule has 0 spiro atoms. The summed E-state index contributed by atoms with van der Waals surface area (Å²) < 4.78 is 7.04. The van der Waals surface area contributed by atoms with Gasteiger partial charge in [0.05, 0.1) is 18.5 Å². The van der Waals surface area contributed by atoms with Gasteiger partial charge in [0.25, 0.3) is 0 Å². The molecule has 26 heavy (non-hydrogen) atoms. The Balaban J connectivity index is 1.62. The molecule has 3 rings (SSSR count). The number of amides is 1. The maximum absolute atomic E-state index is 12.5. The Labute approximate surface area is 158 Å². The zero-order chi connectivity index (χ0) is 18.7. The zero-order valence-corrected chi connectivity index (χ0v) is 16.0. The maximum Gasteiger partial charge on any atom is 0.246 e. The van der Waals surface area contributed by atoms with Crippen LogP contribution >= 0.6 is 11.6 Å². The van der Waals surface area contributed by atoms with E-state index < -0.39 is 0 Å². The van der Waals surface area contributed by atoms with Crippen LogP contribution in [-0.4, -0.2) is 53.9 Å². The monoisotopic (exact) mass is 374 g/mol. The molecule has 0 bridgehead atoms. The van der Waals surface area contributed by atoms with E-state index in [-0.39, 0.29) is 5.91 Å². The van der Waals surface area contributed by atoms with Crippen LogP contribution in [0.3, 0.4) is 0 Å². The van der Waals surface area contributed by atoms with Crippen LogP contribution in [0.1, 0.15) is 11.3 Å². The van der Waals surface area contributed by atoms with Crippen molar-refractivity contribution in [2.24, 2.45) is 7.05 Å². The number of aromatic nitrogens is 2. The summed E-state index contributed by atoms with van der Waals surface area (Å²) >= 11 is 6.20. The van der Waals surface area contributed by atoms with Crippen molar-refractivity contribution in [3.63, 3.8) is 0 Å². The van der Waals surface area contributed by atoms with Gasteiger partial charge in [0.1, 0.15) is 10.9 Å². The molecule has 2 heterocycles. The lowest BCUT2D eigenvalue weighted by Crippen LogP contribution is -2.48. The minimum Gasteiger partial charge on any atom is -0.495 e. The largest absolute Gasteiger partial charge is 0.495 e. The molecular formula is C19H23ClN4O2. The molecule has 0 N–H and O–H groups in total. The molecule has 0 unspecified atom stereocenters. The molecule has 7 heteroatoms. The highest BCUT2D eigenvalue weighted by Crippen LogP contribution is 2.28. The van der Waals surface area contributed by atoms with Crippen LogP contribution in [0, 0.1) is 6.92 Å². The Morgan fingerprint density at radius 2 is 1.92 bits per heavy atom. The van der Waals surface area contributed by atoms with Crippen molar-refractivity contribution in [3.8, 4) is 5.75 Å². The summed E-state index contributed by atoms with van der Waals surface area (Å²) in [6, 6.07) is 7.95. The first-order valence-electron chi connectivity index (χ1n) is 8.55. The number of benzene rings is 1. The number of para-hydroxylation sites is 2. The average Bonchev–Trinajstić information content (AvgIpc) is 2.91. The molecule has 1 aromatic carbocycles. The van der Waals surface area contributed by atoms with Crippen LogP contribution in [0.2, 0.25) is 5.15 Å². The predicted molar refractivity (Wildman–Crippen MR) is 104 cm³/mol. The summed E-state index contributed by atoms with van der Waals surface area (Å²) in [7, 11) is 3.46. The molecule has 1 amide bonds. The number of anilines is 1. The maximum atomic E-state index is 12.5. The van der Waals surface area contributed by atoms with Crippen LogP contribution in [0.4, 0.5) is 5.69 Å². The lowest BCUT2D eigenvalue weighted by Gasteiger charge is -2.36. The van der Waals surface area contributed by atoms with E-state index in [1.54, 1.807) is 31.0 Å². The molecule has 0 atom stereocenters. The number of methoxy groups -OCH3 is 1. The minimum absolute atomic E-state index is 0.0102. The van der Waals surface area contributed by atoms with Gasteiger partial charge in [0.2, 0.25) is 5.91 Å². The van der Waals surface area contributed by atoms with Crippen LogP contribution in [0.5, 0.6) is 5.75 Å². The number of hydrogen-bond acceptors (Lipinski definition) is 4. The summed E-state index contributed by atoms with van der Waals surface area (Å²) in [6.07, 6.45) is 3.33. The van der Waals surface area contributed by atoms with Gasteiger partial charge in [-0.25, -0.2) is 0 Å². The Bertz CT molecular complexity index is 823. The summed E-state index contributed by atoms with van der Waals surface area (Å²) in [4.78, 5) is 16.6. The Kier molecular flexibility index (Phi) is 5.52. The number of rotatable bonds is 4. The third kappa shape index (κ3) is 3.70. The van der Waals surface area contributed by atoms with Gasteiger partial charge in [-0.2, -0.15) is 5.10 Å². The summed E-state index contributed by atoms with van der Waals surface area (Å²) in [5, 5.41) is 4.79. The van der Waals surface area contributed by atoms with Crippen molar-refractivity contribution in [1.29, 1.82) is 0 Å². The number of aryl methyl sites for hydroxylation is 2. The van der Waals surface area contributed by atoms with Gasteiger partial charge < -0.3 is 14.5 Å². The molecule has 0 aliphatic carbocycles. The van der Waals surface area contributed by atoms with E-state index in [9.17, 15) is 4.79 Å². The first kappa shape index (κ1) is 18.3. The van der Waals surface area contributed by atoms with E-state index >= 15 is 0 Å². The van der Waals surface area contributed by atoms with Crippen LogP contribution in [0.25, 0.3) is 6.08 Å². The number of nitrogens with zero attached hydrogens (tertiary/aromatic N) is 4. The van der Waals surface area contributed by atoms with E-state index in [1.807, 2.05) is 36.1 Å². The van der Waals surface area contributed by atoms with Crippen LogP contribution in [-0.2, 0) is 11.8 Å². The van der Waals surface area contributed by atoms with Crippen molar-refractivity contribution in [3.05, 3.63) is 46.8 Å². The molecule has 6 nitrogen and oxygen atoms in total. The van der Waals surface area contributed by atoms with E-state index in [1.165, 1.54) is 0 Å². The lowest BCUT2D eigenvalue weighted by molar-refractivity contribution is -0.126. The molecule has 1 aromatic heterocycles. The summed E-state index contributed by atoms with van der Waals surface area (Å²) in [5.74, 6) is 0.845. The van der Waals surface area contributed by atoms with E-state index in [2.05, 4.69) is 10.00 Å². The van der Waals surface area contributed by atoms with Crippen molar-refractivity contribution in [1.82, 2.24) is 14.7 Å². The molecule has 2 aromatic rings. The molecule has 1 aliphatic heterocycles. The second kappa shape index (κ2) is 7.83. The Morgan fingerprint density at radius 1 is 1.23 bits per heavy atom. The summed E-state index contributed by atoms with van der Waals surface area (Å²) in [5.41, 5.74) is 2.66. The van der Waals surface area contributed by atoms with Gasteiger partial charge in [-0.3, -0.25) is 9.48 Å².